The van der Waals surface area contributed by atoms with Gasteiger partial charge in [-0.05, 0) is 18.9 Å². The van der Waals surface area contributed by atoms with E-state index in [1.165, 1.54) is 25.7 Å². The Morgan fingerprint density at radius 2 is 1.83 bits per heavy atom. The minimum atomic E-state index is -0.0622. The molecule has 1 heterocycles. The van der Waals surface area contributed by atoms with Gasteiger partial charge in [0, 0.05) is 37.3 Å². The Bertz CT molecular complexity index is 397. The lowest BCUT2D eigenvalue weighted by atomic mass is 10.0. The average molecular weight is 248 g/mol. The third-order valence-corrected chi connectivity index (χ3v) is 4.33. The van der Waals surface area contributed by atoms with Crippen molar-refractivity contribution in [1.82, 2.24) is 10.2 Å². The molecule has 0 amide bonds. The van der Waals surface area contributed by atoms with Crippen LogP contribution in [0.5, 0.6) is 0 Å². The third kappa shape index (κ3) is 2.43. The third-order valence-electron chi connectivity index (χ3n) is 4.33. The Kier molecular flexibility index (Phi) is 3.62. The predicted molar refractivity (Wildman–Crippen MR) is 70.9 cm³/mol. The van der Waals surface area contributed by atoms with Gasteiger partial charge in [-0.15, -0.1) is 0 Å². The Morgan fingerprint density at radius 1 is 1.11 bits per heavy atom. The van der Waals surface area contributed by atoms with E-state index in [0.717, 1.165) is 25.2 Å². The predicted octanol–water partition coefficient (Wildman–Crippen LogP) is 2.54. The Morgan fingerprint density at radius 3 is 2.44 bits per heavy atom. The second kappa shape index (κ2) is 5.37. The summed E-state index contributed by atoms with van der Waals surface area (Å²) in [5, 5.41) is 3.33. The SMILES string of the molecule is Fc1ccccc1CN(C1CCCC1)C1CNC1. The molecule has 1 aliphatic heterocycles. The Hall–Kier alpha value is -0.930. The summed E-state index contributed by atoms with van der Waals surface area (Å²) in [6.07, 6.45) is 5.23. The smallest absolute Gasteiger partial charge is 0.127 e. The molecule has 0 unspecified atom stereocenters. The van der Waals surface area contributed by atoms with E-state index in [0.29, 0.717) is 12.1 Å². The summed E-state index contributed by atoms with van der Waals surface area (Å²) in [6, 6.07) is 8.46. The molecule has 1 saturated carbocycles. The second-order valence-electron chi connectivity index (χ2n) is 5.51. The molecule has 3 heteroatoms. The van der Waals surface area contributed by atoms with Crippen LogP contribution in [0.2, 0.25) is 0 Å². The van der Waals surface area contributed by atoms with E-state index < -0.39 is 0 Å². The van der Waals surface area contributed by atoms with Gasteiger partial charge in [0.25, 0.3) is 0 Å². The van der Waals surface area contributed by atoms with Gasteiger partial charge >= 0.3 is 0 Å². The van der Waals surface area contributed by atoms with Crippen molar-refractivity contribution in [2.24, 2.45) is 0 Å². The lowest BCUT2D eigenvalue weighted by Crippen LogP contribution is -2.59. The molecule has 2 fully saturated rings. The minimum absolute atomic E-state index is 0.0622. The quantitative estimate of drug-likeness (QED) is 0.881. The number of benzene rings is 1. The molecule has 1 N–H and O–H groups in total. The Labute approximate surface area is 108 Å². The van der Waals surface area contributed by atoms with Crippen LogP contribution in [0.1, 0.15) is 31.2 Å². The van der Waals surface area contributed by atoms with Crippen LogP contribution in [0, 0.1) is 5.82 Å². The molecule has 3 rings (SSSR count). The summed E-state index contributed by atoms with van der Waals surface area (Å²) in [5.74, 6) is -0.0622. The first-order valence-corrected chi connectivity index (χ1v) is 7.04. The summed E-state index contributed by atoms with van der Waals surface area (Å²) in [5.41, 5.74) is 0.844. The summed E-state index contributed by atoms with van der Waals surface area (Å²) < 4.78 is 13.8. The van der Waals surface area contributed by atoms with Gasteiger partial charge in [-0.25, -0.2) is 4.39 Å². The first-order chi connectivity index (χ1) is 8.84. The standard InChI is InChI=1S/C15H21FN2/c16-15-8-4-1-5-12(15)11-18(14-9-17-10-14)13-6-2-3-7-13/h1,4-5,8,13-14,17H,2-3,6-7,9-11H2. The molecule has 0 radical (unpaired) electrons. The van der Waals surface area contributed by atoms with Gasteiger partial charge in [0.2, 0.25) is 0 Å². The van der Waals surface area contributed by atoms with Crippen molar-refractivity contribution in [3.8, 4) is 0 Å². The molecule has 1 aromatic carbocycles. The molecule has 0 atom stereocenters. The molecule has 98 valence electrons. The molecular weight excluding hydrogens is 227 g/mol. The number of hydrogen-bond acceptors (Lipinski definition) is 2. The number of nitrogens with zero attached hydrogens (tertiary/aromatic N) is 1. The number of hydrogen-bond donors (Lipinski definition) is 1. The minimum Gasteiger partial charge on any atom is -0.314 e. The number of nitrogens with one attached hydrogen (secondary N) is 1. The molecule has 2 aliphatic rings. The van der Waals surface area contributed by atoms with Crippen molar-refractivity contribution in [2.75, 3.05) is 13.1 Å². The van der Waals surface area contributed by atoms with Gasteiger partial charge in [-0.3, -0.25) is 4.90 Å². The zero-order valence-electron chi connectivity index (χ0n) is 10.7. The van der Waals surface area contributed by atoms with Crippen molar-refractivity contribution in [1.29, 1.82) is 0 Å². The highest BCUT2D eigenvalue weighted by molar-refractivity contribution is 5.17. The monoisotopic (exact) mass is 248 g/mol. The van der Waals surface area contributed by atoms with Crippen LogP contribution in [0.15, 0.2) is 24.3 Å². The molecule has 0 spiro atoms. The fourth-order valence-electron chi connectivity index (χ4n) is 3.12. The van der Waals surface area contributed by atoms with Crippen LogP contribution in [0.3, 0.4) is 0 Å². The van der Waals surface area contributed by atoms with Crippen molar-refractivity contribution in [3.05, 3.63) is 35.6 Å². The van der Waals surface area contributed by atoms with Crippen LogP contribution in [0.25, 0.3) is 0 Å². The molecule has 1 aliphatic carbocycles. The van der Waals surface area contributed by atoms with Crippen molar-refractivity contribution in [2.45, 2.75) is 44.3 Å². The lowest BCUT2D eigenvalue weighted by Gasteiger charge is -2.42. The van der Waals surface area contributed by atoms with Crippen LogP contribution in [0.4, 0.5) is 4.39 Å². The Balaban J connectivity index is 1.74. The van der Waals surface area contributed by atoms with Gasteiger partial charge in [0.15, 0.2) is 0 Å². The van der Waals surface area contributed by atoms with E-state index in [1.807, 2.05) is 12.1 Å². The molecule has 18 heavy (non-hydrogen) atoms. The van der Waals surface area contributed by atoms with Gasteiger partial charge in [-0.2, -0.15) is 0 Å². The fraction of sp³-hybridized carbons (Fsp3) is 0.600. The van der Waals surface area contributed by atoms with E-state index in [4.69, 9.17) is 0 Å². The number of rotatable bonds is 4. The van der Waals surface area contributed by atoms with Crippen LogP contribution in [-0.2, 0) is 6.54 Å². The van der Waals surface area contributed by atoms with Crippen LogP contribution < -0.4 is 5.32 Å². The second-order valence-corrected chi connectivity index (χ2v) is 5.51. The fourth-order valence-corrected chi connectivity index (χ4v) is 3.12. The lowest BCUT2D eigenvalue weighted by molar-refractivity contribution is 0.0875. The van der Waals surface area contributed by atoms with Crippen molar-refractivity contribution >= 4 is 0 Å². The summed E-state index contributed by atoms with van der Waals surface area (Å²) in [7, 11) is 0. The molecule has 1 saturated heterocycles. The van der Waals surface area contributed by atoms with Gasteiger partial charge in [-0.1, -0.05) is 31.0 Å². The molecule has 0 bridgehead atoms. The van der Waals surface area contributed by atoms with Crippen LogP contribution >= 0.6 is 0 Å². The molecular formula is C15H21FN2. The van der Waals surface area contributed by atoms with E-state index in [1.54, 1.807) is 12.1 Å². The van der Waals surface area contributed by atoms with E-state index >= 15 is 0 Å². The summed E-state index contributed by atoms with van der Waals surface area (Å²) >= 11 is 0. The molecule has 1 aromatic rings. The maximum atomic E-state index is 13.8. The maximum absolute atomic E-state index is 13.8. The van der Waals surface area contributed by atoms with Crippen molar-refractivity contribution in [3.63, 3.8) is 0 Å². The van der Waals surface area contributed by atoms with Gasteiger partial charge in [0.05, 0.1) is 0 Å². The first-order valence-electron chi connectivity index (χ1n) is 7.04. The maximum Gasteiger partial charge on any atom is 0.127 e. The van der Waals surface area contributed by atoms with E-state index in [9.17, 15) is 4.39 Å². The highest BCUT2D eigenvalue weighted by atomic mass is 19.1. The average Bonchev–Trinajstić information content (AvgIpc) is 2.82. The van der Waals surface area contributed by atoms with Gasteiger partial charge < -0.3 is 5.32 Å². The first kappa shape index (κ1) is 12.1. The van der Waals surface area contributed by atoms with Gasteiger partial charge in [0.1, 0.15) is 5.82 Å². The largest absolute Gasteiger partial charge is 0.314 e. The normalized spacial score (nSPS) is 21.4. The highest BCUT2D eigenvalue weighted by Gasteiger charge is 2.32. The van der Waals surface area contributed by atoms with E-state index in [-0.39, 0.29) is 5.82 Å². The van der Waals surface area contributed by atoms with Crippen molar-refractivity contribution < 1.29 is 4.39 Å². The molecule has 2 nitrogen and oxygen atoms in total. The zero-order chi connectivity index (χ0) is 12.4. The van der Waals surface area contributed by atoms with E-state index in [2.05, 4.69) is 10.2 Å². The highest BCUT2D eigenvalue weighted by Crippen LogP contribution is 2.28. The molecule has 0 aromatic heterocycles. The summed E-state index contributed by atoms with van der Waals surface area (Å²) in [4.78, 5) is 2.53. The zero-order valence-corrected chi connectivity index (χ0v) is 10.7. The number of halogens is 1. The topological polar surface area (TPSA) is 15.3 Å². The van der Waals surface area contributed by atoms with Crippen LogP contribution in [-0.4, -0.2) is 30.1 Å². The summed E-state index contributed by atoms with van der Waals surface area (Å²) in [6.45, 7) is 2.89.